The number of H-pyrrole nitrogens is 1. The van der Waals surface area contributed by atoms with Gasteiger partial charge >= 0.3 is 0 Å². The molecule has 0 bridgehead atoms. The fourth-order valence-corrected chi connectivity index (χ4v) is 3.02. The zero-order valence-corrected chi connectivity index (χ0v) is 11.1. The van der Waals surface area contributed by atoms with E-state index in [9.17, 15) is 14.7 Å². The summed E-state index contributed by atoms with van der Waals surface area (Å²) in [6.45, 7) is 3.73. The van der Waals surface area contributed by atoms with Gasteiger partial charge in [-0.05, 0) is 6.92 Å². The zero-order valence-electron chi connectivity index (χ0n) is 10.3. The molecule has 1 fully saturated rings. The number of rotatable bonds is 1. The highest BCUT2D eigenvalue weighted by Crippen LogP contribution is 2.27. The maximum Gasteiger partial charge on any atom is 0.293 e. The molecule has 7 heteroatoms. The van der Waals surface area contributed by atoms with Crippen LogP contribution < -0.4 is 5.56 Å². The van der Waals surface area contributed by atoms with Gasteiger partial charge in [0.15, 0.2) is 0 Å². The number of amides is 1. The minimum absolute atomic E-state index is 0.0336. The standard InChI is InChI=1S/C11H15N3O3S/c1-6-9(16)11(17)13-10(12-6)8-5-18-4-3-14(8)7(2)15/h8,16H,3-5H2,1-2H3,(H,12,13,17). The van der Waals surface area contributed by atoms with Gasteiger partial charge in [-0.25, -0.2) is 4.98 Å². The monoisotopic (exact) mass is 269 g/mol. The van der Waals surface area contributed by atoms with Gasteiger partial charge < -0.3 is 15.0 Å². The Morgan fingerprint density at radius 1 is 1.61 bits per heavy atom. The van der Waals surface area contributed by atoms with Crippen molar-refractivity contribution in [1.29, 1.82) is 0 Å². The van der Waals surface area contributed by atoms with Crippen LogP contribution in [0.4, 0.5) is 0 Å². The number of nitrogens with one attached hydrogen (secondary N) is 1. The Bertz CT molecular complexity index is 529. The summed E-state index contributed by atoms with van der Waals surface area (Å²) in [7, 11) is 0. The largest absolute Gasteiger partial charge is 0.502 e. The van der Waals surface area contributed by atoms with E-state index in [1.807, 2.05) is 0 Å². The van der Waals surface area contributed by atoms with E-state index < -0.39 is 5.56 Å². The Balaban J connectivity index is 2.40. The average Bonchev–Trinajstić information content (AvgIpc) is 2.35. The number of carbonyl (C=O) groups excluding carboxylic acids is 1. The highest BCUT2D eigenvalue weighted by Gasteiger charge is 2.28. The first kappa shape index (κ1) is 12.9. The summed E-state index contributed by atoms with van der Waals surface area (Å²) in [5, 5.41) is 9.41. The molecule has 0 aromatic carbocycles. The second-order valence-electron chi connectivity index (χ2n) is 4.19. The lowest BCUT2D eigenvalue weighted by Crippen LogP contribution is -2.40. The second kappa shape index (κ2) is 5.01. The van der Waals surface area contributed by atoms with E-state index in [2.05, 4.69) is 9.97 Å². The molecule has 2 N–H and O–H groups in total. The highest BCUT2D eigenvalue weighted by molar-refractivity contribution is 7.99. The lowest BCUT2D eigenvalue weighted by atomic mass is 10.2. The summed E-state index contributed by atoms with van der Waals surface area (Å²) in [6.07, 6.45) is 0. The molecule has 2 rings (SSSR count). The van der Waals surface area contributed by atoms with E-state index >= 15 is 0 Å². The molecular weight excluding hydrogens is 254 g/mol. The van der Waals surface area contributed by atoms with Crippen LogP contribution in [0.2, 0.25) is 0 Å². The number of carbonyl (C=O) groups is 1. The van der Waals surface area contributed by atoms with E-state index in [0.29, 0.717) is 18.1 Å². The van der Waals surface area contributed by atoms with E-state index in [4.69, 9.17) is 0 Å². The molecule has 1 aliphatic heterocycles. The van der Waals surface area contributed by atoms with Crippen LogP contribution in [0.3, 0.4) is 0 Å². The lowest BCUT2D eigenvalue weighted by Gasteiger charge is -2.33. The van der Waals surface area contributed by atoms with Gasteiger partial charge in [-0.15, -0.1) is 0 Å². The third-order valence-corrected chi connectivity index (χ3v) is 3.96. The molecular formula is C11H15N3O3S. The van der Waals surface area contributed by atoms with Crippen molar-refractivity contribution in [1.82, 2.24) is 14.9 Å². The van der Waals surface area contributed by atoms with Gasteiger partial charge in [0.2, 0.25) is 11.7 Å². The van der Waals surface area contributed by atoms with Crippen LogP contribution in [0.1, 0.15) is 24.5 Å². The number of hydrogen-bond acceptors (Lipinski definition) is 5. The number of hydrogen-bond donors (Lipinski definition) is 2. The van der Waals surface area contributed by atoms with E-state index in [1.165, 1.54) is 6.92 Å². The average molecular weight is 269 g/mol. The van der Waals surface area contributed by atoms with Crippen molar-refractivity contribution in [3.63, 3.8) is 0 Å². The van der Waals surface area contributed by atoms with Crippen molar-refractivity contribution in [2.24, 2.45) is 0 Å². The lowest BCUT2D eigenvalue weighted by molar-refractivity contribution is -0.130. The third kappa shape index (κ3) is 2.35. The molecule has 1 aromatic heterocycles. The van der Waals surface area contributed by atoms with Crippen molar-refractivity contribution < 1.29 is 9.90 Å². The van der Waals surface area contributed by atoms with Crippen LogP contribution >= 0.6 is 11.8 Å². The molecule has 98 valence electrons. The maximum absolute atomic E-state index is 11.6. The minimum atomic E-state index is -0.559. The van der Waals surface area contributed by atoms with Crippen molar-refractivity contribution in [2.45, 2.75) is 19.9 Å². The Kier molecular flexibility index (Phi) is 3.60. The van der Waals surface area contributed by atoms with Gasteiger partial charge in [-0.2, -0.15) is 11.8 Å². The first-order chi connectivity index (χ1) is 8.50. The van der Waals surface area contributed by atoms with Crippen LogP contribution in [-0.4, -0.2) is 43.9 Å². The van der Waals surface area contributed by atoms with E-state index in [-0.39, 0.29) is 23.4 Å². The highest BCUT2D eigenvalue weighted by atomic mass is 32.2. The third-order valence-electron chi connectivity index (χ3n) is 2.94. The fraction of sp³-hybridized carbons (Fsp3) is 0.545. The molecule has 1 amide bonds. The summed E-state index contributed by atoms with van der Waals surface area (Å²) in [4.78, 5) is 31.5. The Labute approximate surface area is 108 Å². The van der Waals surface area contributed by atoms with Crippen LogP contribution in [0.15, 0.2) is 4.79 Å². The van der Waals surface area contributed by atoms with E-state index in [0.717, 1.165) is 5.75 Å². The number of aromatic hydroxyl groups is 1. The van der Waals surface area contributed by atoms with Gasteiger partial charge in [0, 0.05) is 25.0 Å². The molecule has 0 aliphatic carbocycles. The molecule has 1 unspecified atom stereocenters. The molecule has 1 atom stereocenters. The minimum Gasteiger partial charge on any atom is -0.502 e. The number of aromatic amines is 1. The van der Waals surface area contributed by atoms with Crippen LogP contribution in [0, 0.1) is 6.92 Å². The first-order valence-corrected chi connectivity index (χ1v) is 6.81. The van der Waals surface area contributed by atoms with Crippen LogP contribution in [0.5, 0.6) is 5.75 Å². The molecule has 2 heterocycles. The summed E-state index contributed by atoms with van der Waals surface area (Å²) in [5.41, 5.74) is -0.274. The molecule has 1 saturated heterocycles. The molecule has 0 spiro atoms. The molecule has 6 nitrogen and oxygen atoms in total. The molecule has 1 aromatic rings. The van der Waals surface area contributed by atoms with Crippen molar-refractivity contribution >= 4 is 17.7 Å². The molecule has 0 radical (unpaired) electrons. The predicted octanol–water partition coefficient (Wildman–Crippen LogP) is 0.420. The SMILES string of the molecule is CC(=O)N1CCSCC1c1nc(C)c(O)c(=O)[nH]1. The first-order valence-electron chi connectivity index (χ1n) is 5.65. The predicted molar refractivity (Wildman–Crippen MR) is 68.7 cm³/mol. The summed E-state index contributed by atoms with van der Waals surface area (Å²) in [6, 6.07) is -0.228. The second-order valence-corrected chi connectivity index (χ2v) is 5.34. The Morgan fingerprint density at radius 3 is 2.94 bits per heavy atom. The number of nitrogens with zero attached hydrogens (tertiary/aromatic N) is 2. The quantitative estimate of drug-likeness (QED) is 0.771. The Hall–Kier alpha value is -1.50. The summed E-state index contributed by atoms with van der Waals surface area (Å²) < 4.78 is 0. The van der Waals surface area contributed by atoms with Gasteiger partial charge in [0.25, 0.3) is 5.56 Å². The molecule has 0 saturated carbocycles. The molecule has 1 aliphatic rings. The van der Waals surface area contributed by atoms with Gasteiger partial charge in [-0.1, -0.05) is 0 Å². The smallest absolute Gasteiger partial charge is 0.293 e. The normalized spacial score (nSPS) is 19.9. The van der Waals surface area contributed by atoms with Crippen LogP contribution in [0.25, 0.3) is 0 Å². The number of aromatic nitrogens is 2. The summed E-state index contributed by atoms with van der Waals surface area (Å²) in [5.74, 6) is 1.63. The fourth-order valence-electron chi connectivity index (χ4n) is 1.97. The van der Waals surface area contributed by atoms with Crippen molar-refractivity contribution in [3.8, 4) is 5.75 Å². The van der Waals surface area contributed by atoms with Gasteiger partial charge in [0.05, 0.1) is 11.7 Å². The van der Waals surface area contributed by atoms with Gasteiger partial charge in [-0.3, -0.25) is 9.59 Å². The Morgan fingerprint density at radius 2 is 2.33 bits per heavy atom. The zero-order chi connectivity index (χ0) is 13.3. The van der Waals surface area contributed by atoms with Crippen LogP contribution in [-0.2, 0) is 4.79 Å². The van der Waals surface area contributed by atoms with Crippen molar-refractivity contribution in [3.05, 3.63) is 21.9 Å². The van der Waals surface area contributed by atoms with Crippen molar-refractivity contribution in [2.75, 3.05) is 18.1 Å². The number of aryl methyl sites for hydroxylation is 1. The maximum atomic E-state index is 11.6. The summed E-state index contributed by atoms with van der Waals surface area (Å²) >= 11 is 1.72. The van der Waals surface area contributed by atoms with E-state index in [1.54, 1.807) is 23.6 Å². The molecule has 18 heavy (non-hydrogen) atoms. The van der Waals surface area contributed by atoms with Gasteiger partial charge in [0.1, 0.15) is 5.82 Å². The topological polar surface area (TPSA) is 86.3 Å². The number of thioether (sulfide) groups is 1.